The van der Waals surface area contributed by atoms with E-state index in [0.29, 0.717) is 58.2 Å². The molecule has 8 aliphatic rings. The zero-order chi connectivity index (χ0) is 65.6. The first-order valence-corrected chi connectivity index (χ1v) is 30.4. The van der Waals surface area contributed by atoms with Gasteiger partial charge >= 0.3 is 36.6 Å². The Balaban J connectivity index is 0.000000264. The van der Waals surface area contributed by atoms with Crippen LogP contribution in [0.2, 0.25) is 0 Å². The first kappa shape index (κ1) is 71.9. The molecule has 0 N–H and O–H groups in total. The van der Waals surface area contributed by atoms with E-state index < -0.39 is 57.2 Å². The maximum atomic E-state index is 13.9. The van der Waals surface area contributed by atoms with Crippen LogP contribution >= 0.6 is 0 Å². The standard InChI is InChI=1S/C22H36N2O3.C21H32N2O5.C20H32N2O3.2CO2/c1-9-16-12-13-17(20(3,4)5)24(16)18(25)22(10-2)14-11-15-23(22)19(26)27-21(6,7)8;1-19(2,3)27-16(24)15-9-8-14-10-12-21(17(25)23(14)15)11-7-13-22(21)18(26)28-20(4,5)6;1-18(2,3)15-9-8-14-10-12-20(16(23)22(14)15)11-7-13-21(20)17(24)25-19(4,5)6;2*2-1-3/h9-10,16-17H,1-2,11-15H2,3-8H3;10,12,14-15H,7-9,11,13H2,1-6H3;10,12,14-15H,7-9,11,13H2,1-6H3;;/t16-,17?,22+;14-,15-,21+;14-,15+,20+;;/m100../s1. The molecule has 2 spiro atoms. The van der Waals surface area contributed by atoms with Gasteiger partial charge in [-0.2, -0.15) is 19.2 Å². The molecule has 6 fully saturated rings. The van der Waals surface area contributed by atoms with E-state index in [-0.39, 0.29) is 83.1 Å². The van der Waals surface area contributed by atoms with Crippen molar-refractivity contribution in [3.05, 3.63) is 49.6 Å². The molecule has 8 heterocycles. The first-order valence-electron chi connectivity index (χ1n) is 30.4. The van der Waals surface area contributed by atoms with Crippen LogP contribution in [0.3, 0.4) is 0 Å². The van der Waals surface area contributed by atoms with Gasteiger partial charge in [-0.25, -0.2) is 19.2 Å². The topological polar surface area (TPSA) is 244 Å². The maximum Gasteiger partial charge on any atom is 0.411 e. The summed E-state index contributed by atoms with van der Waals surface area (Å²) in [7, 11) is 0. The van der Waals surface area contributed by atoms with Crippen molar-refractivity contribution in [2.24, 2.45) is 10.8 Å². The van der Waals surface area contributed by atoms with Crippen LogP contribution in [0.25, 0.3) is 0 Å². The number of likely N-dealkylation sites (tertiary alicyclic amines) is 4. The first-order chi connectivity index (χ1) is 39.5. The summed E-state index contributed by atoms with van der Waals surface area (Å²) in [6.45, 7) is 44.4. The number of rotatable bonds is 4. The molecule has 8 aliphatic heterocycles. The van der Waals surface area contributed by atoms with Gasteiger partial charge in [0.2, 0.25) is 0 Å². The number of hydrogen-bond acceptors (Lipinski definition) is 15. The Morgan fingerprint density at radius 2 is 0.884 bits per heavy atom. The second-order valence-electron chi connectivity index (χ2n) is 29.7. The highest BCUT2D eigenvalue weighted by atomic mass is 16.6. The molecular weight excluding hydrogens is 1100 g/mol. The lowest BCUT2D eigenvalue weighted by atomic mass is 9.83. The third-order valence-electron chi connectivity index (χ3n) is 16.7. The summed E-state index contributed by atoms with van der Waals surface area (Å²) < 4.78 is 22.3. The van der Waals surface area contributed by atoms with E-state index in [9.17, 15) is 33.6 Å². The Bertz CT molecular complexity index is 2640. The van der Waals surface area contributed by atoms with E-state index >= 15 is 0 Å². The van der Waals surface area contributed by atoms with Gasteiger partial charge in [-0.05, 0) is 171 Å². The van der Waals surface area contributed by atoms with Crippen molar-refractivity contribution in [2.45, 2.75) is 277 Å². The predicted octanol–water partition coefficient (Wildman–Crippen LogP) is 10.1. The van der Waals surface area contributed by atoms with Gasteiger partial charge in [0.1, 0.15) is 45.1 Å². The molecule has 0 aliphatic carbocycles. The van der Waals surface area contributed by atoms with Crippen molar-refractivity contribution in [3.8, 4) is 0 Å². The number of nitrogens with zero attached hydrogens (tertiary/aromatic N) is 6. The number of ether oxygens (including phenoxy) is 4. The highest BCUT2D eigenvalue weighted by Crippen LogP contribution is 2.47. The summed E-state index contributed by atoms with van der Waals surface area (Å²) in [5.41, 5.74) is -5.41. The minimum absolute atomic E-state index is 0.0142. The average molecular weight is 1210 g/mol. The molecule has 0 saturated carbocycles. The van der Waals surface area contributed by atoms with Crippen LogP contribution in [0.1, 0.15) is 202 Å². The molecule has 21 heteroatoms. The Morgan fingerprint density at radius 3 is 1.29 bits per heavy atom. The third-order valence-corrected chi connectivity index (χ3v) is 16.7. The van der Waals surface area contributed by atoms with Gasteiger partial charge in [0.25, 0.3) is 17.7 Å². The van der Waals surface area contributed by atoms with Crippen molar-refractivity contribution < 1.29 is 71.7 Å². The number of esters is 1. The van der Waals surface area contributed by atoms with Crippen LogP contribution in [0.15, 0.2) is 49.6 Å². The van der Waals surface area contributed by atoms with E-state index in [1.807, 2.05) is 91.5 Å². The second kappa shape index (κ2) is 27.2. The fraction of sp³-hybridized carbons (Fsp3) is 0.738. The van der Waals surface area contributed by atoms with Crippen molar-refractivity contribution in [3.63, 3.8) is 0 Å². The molecule has 6 saturated heterocycles. The largest absolute Gasteiger partial charge is 0.458 e. The SMILES string of the molecule is C=C[C@@H]1CCC(C(C)(C)C)N1C(=O)[C@]1(C=C)CCCN1C(=O)OC(C)(C)C.CC(C)(C)OC(=O)N1CCC[C@]12C=C[C@@H]1CC[C@H](C(C)(C)C)N1C2=O.CC(C)(C)OC(=O)[C@@H]1CC[C@H]2C=C[C@]3(CCCN3C(=O)OC(C)(C)C)C(=O)N21.O=C=O.O=C=O. The van der Waals surface area contributed by atoms with Gasteiger partial charge in [-0.15, -0.1) is 13.2 Å². The highest BCUT2D eigenvalue weighted by molar-refractivity contribution is 5.98. The summed E-state index contributed by atoms with van der Waals surface area (Å²) in [4.78, 5) is 135. The zero-order valence-electron chi connectivity index (χ0n) is 54.8. The van der Waals surface area contributed by atoms with E-state index in [4.69, 9.17) is 38.1 Å². The van der Waals surface area contributed by atoms with Crippen molar-refractivity contribution in [2.75, 3.05) is 19.6 Å². The number of fused-ring (bicyclic) bond motifs is 2. The highest BCUT2D eigenvalue weighted by Gasteiger charge is 2.60. The lowest BCUT2D eigenvalue weighted by Gasteiger charge is -2.46. The number of carbonyl (C=O) groups is 7. The fourth-order valence-electron chi connectivity index (χ4n) is 13.2. The Labute approximate surface area is 510 Å². The zero-order valence-corrected chi connectivity index (χ0v) is 54.8. The molecule has 480 valence electrons. The lowest BCUT2D eigenvalue weighted by Crippen LogP contribution is -2.63. The molecule has 6 amide bonds. The van der Waals surface area contributed by atoms with Crippen LogP contribution in [-0.2, 0) is 57.3 Å². The lowest BCUT2D eigenvalue weighted by molar-refractivity contribution is -0.193. The Hall–Kier alpha value is -6.59. The molecule has 0 aromatic heterocycles. The Morgan fingerprint density at radius 1 is 0.512 bits per heavy atom. The predicted molar refractivity (Wildman–Crippen MR) is 319 cm³/mol. The molecule has 0 aromatic rings. The van der Waals surface area contributed by atoms with Crippen LogP contribution in [0, 0.1) is 10.8 Å². The van der Waals surface area contributed by atoms with Crippen LogP contribution < -0.4 is 0 Å². The van der Waals surface area contributed by atoms with Crippen LogP contribution in [0.5, 0.6) is 0 Å². The quantitative estimate of drug-likeness (QED) is 0.144. The van der Waals surface area contributed by atoms with Gasteiger partial charge in [0.05, 0.1) is 18.1 Å². The monoisotopic (exact) mass is 1200 g/mol. The maximum absolute atomic E-state index is 13.9. The Kier molecular flexibility index (Phi) is 22.7. The van der Waals surface area contributed by atoms with Crippen LogP contribution in [0.4, 0.5) is 14.4 Å². The number of amides is 6. The van der Waals surface area contributed by atoms with Gasteiger partial charge in [0, 0.05) is 31.7 Å². The van der Waals surface area contributed by atoms with Gasteiger partial charge in [0.15, 0.2) is 0 Å². The van der Waals surface area contributed by atoms with Crippen molar-refractivity contribution >= 4 is 54.3 Å². The van der Waals surface area contributed by atoms with Crippen LogP contribution in [-0.4, -0.2) is 179 Å². The fourth-order valence-corrected chi connectivity index (χ4v) is 13.2. The summed E-state index contributed by atoms with van der Waals surface area (Å²) in [5, 5.41) is 0. The van der Waals surface area contributed by atoms with Gasteiger partial charge in [-0.3, -0.25) is 29.1 Å². The van der Waals surface area contributed by atoms with Gasteiger partial charge < -0.3 is 33.6 Å². The summed E-state index contributed by atoms with van der Waals surface area (Å²) in [6, 6.07) is -0.265. The molecule has 1 unspecified atom stereocenters. The summed E-state index contributed by atoms with van der Waals surface area (Å²) in [5.74, 6) is -0.545. The minimum Gasteiger partial charge on any atom is -0.458 e. The molecule has 86 heavy (non-hydrogen) atoms. The third kappa shape index (κ3) is 16.3. The van der Waals surface area contributed by atoms with E-state index in [2.05, 4.69) is 65.7 Å². The second-order valence-corrected chi connectivity index (χ2v) is 29.7. The summed E-state index contributed by atoms with van der Waals surface area (Å²) >= 11 is 0. The molecule has 0 bridgehead atoms. The average Bonchev–Trinajstić information content (AvgIpc) is 1.56. The van der Waals surface area contributed by atoms with E-state index in [1.165, 1.54) is 4.90 Å². The van der Waals surface area contributed by atoms with Crippen molar-refractivity contribution in [1.82, 2.24) is 29.4 Å². The molecular formula is C65H100N6O15. The normalized spacial score (nSPS) is 28.5. The molecule has 21 nitrogen and oxygen atoms in total. The van der Waals surface area contributed by atoms with Gasteiger partial charge in [-0.1, -0.05) is 78.0 Å². The molecule has 0 aromatic carbocycles. The molecule has 8 rings (SSSR count). The molecule has 0 radical (unpaired) electrons. The van der Waals surface area contributed by atoms with Crippen molar-refractivity contribution in [1.29, 1.82) is 0 Å². The molecule has 9 atom stereocenters. The van der Waals surface area contributed by atoms with E-state index in [1.54, 1.807) is 41.5 Å². The minimum atomic E-state index is -1.07. The number of hydrogen-bond donors (Lipinski definition) is 0. The van der Waals surface area contributed by atoms with E-state index in [0.717, 1.165) is 38.5 Å². The summed E-state index contributed by atoms with van der Waals surface area (Å²) in [6.07, 6.45) is 19.9. The smallest absolute Gasteiger partial charge is 0.411 e. The number of carbonyl (C=O) groups excluding carboxylic acids is 11.